The van der Waals surface area contributed by atoms with Crippen LogP contribution in [0.1, 0.15) is 67.6 Å². The Morgan fingerprint density at radius 2 is 1.92 bits per heavy atom. The van der Waals surface area contributed by atoms with Crippen molar-refractivity contribution >= 4 is 34.2 Å². The number of aliphatic carboxylic acids is 1. The van der Waals surface area contributed by atoms with Crippen LogP contribution in [0.4, 0.5) is 5.00 Å². The van der Waals surface area contributed by atoms with Gasteiger partial charge in [-0.15, -0.1) is 11.3 Å². The fourth-order valence-corrected chi connectivity index (χ4v) is 4.14. The maximum atomic E-state index is 12.7. The largest absolute Gasteiger partial charge is 0.481 e. The number of carbonyl (C=O) groups is 3. The molecular formula is C18H25NO5S. The lowest BCUT2D eigenvalue weighted by Gasteiger charge is -2.27. The van der Waals surface area contributed by atoms with Crippen LogP contribution in [0, 0.1) is 11.8 Å². The van der Waals surface area contributed by atoms with Gasteiger partial charge >= 0.3 is 11.9 Å². The molecule has 0 saturated heterocycles. The number of anilines is 1. The second-order valence-electron chi connectivity index (χ2n) is 6.59. The minimum Gasteiger partial charge on any atom is -0.481 e. The Morgan fingerprint density at radius 3 is 2.48 bits per heavy atom. The van der Waals surface area contributed by atoms with Gasteiger partial charge in [0.05, 0.1) is 24.0 Å². The number of esters is 1. The van der Waals surface area contributed by atoms with Crippen molar-refractivity contribution in [1.82, 2.24) is 0 Å². The van der Waals surface area contributed by atoms with Crippen molar-refractivity contribution in [1.29, 1.82) is 0 Å². The highest BCUT2D eigenvalue weighted by Crippen LogP contribution is 2.36. The minimum atomic E-state index is -0.931. The Balaban J connectivity index is 2.24. The molecule has 1 aromatic heterocycles. The highest BCUT2D eigenvalue weighted by atomic mass is 32.1. The molecule has 7 heteroatoms. The number of hydrogen-bond acceptors (Lipinski definition) is 5. The monoisotopic (exact) mass is 367 g/mol. The normalized spacial score (nSPS) is 20.3. The first kappa shape index (κ1) is 19.4. The lowest BCUT2D eigenvalue weighted by molar-refractivity contribution is -0.147. The number of hydrogen-bond donors (Lipinski definition) is 2. The summed E-state index contributed by atoms with van der Waals surface area (Å²) >= 11 is 1.34. The second-order valence-corrected chi connectivity index (χ2v) is 7.68. The zero-order valence-corrected chi connectivity index (χ0v) is 15.6. The fraction of sp³-hybridized carbons (Fsp3) is 0.611. The summed E-state index contributed by atoms with van der Waals surface area (Å²) < 4.78 is 5.07. The molecule has 0 unspecified atom stereocenters. The Labute approximate surface area is 151 Å². The van der Waals surface area contributed by atoms with E-state index in [0.717, 1.165) is 17.7 Å². The van der Waals surface area contributed by atoms with Crippen LogP contribution in [-0.2, 0) is 14.3 Å². The summed E-state index contributed by atoms with van der Waals surface area (Å²) in [7, 11) is 0. The summed E-state index contributed by atoms with van der Waals surface area (Å²) in [6, 6.07) is 1.75. The minimum absolute atomic E-state index is 0.213. The lowest BCUT2D eigenvalue weighted by atomic mass is 9.79. The molecule has 0 aromatic carbocycles. The molecule has 2 rings (SSSR count). The van der Waals surface area contributed by atoms with E-state index < -0.39 is 23.8 Å². The van der Waals surface area contributed by atoms with E-state index in [1.807, 2.05) is 13.8 Å². The third kappa shape index (κ3) is 4.60. The molecule has 138 valence electrons. The standard InChI is InChI=1S/C18H25NO5S/c1-4-24-18(23)13-9-14(10(2)3)25-16(13)19-15(20)11-7-5-6-8-12(11)17(21)22/h9-12H,4-8H2,1-3H3,(H,19,20)(H,21,22)/t11-,12+/m1/s1. The van der Waals surface area contributed by atoms with Gasteiger partial charge in [-0.1, -0.05) is 26.7 Å². The number of carbonyl (C=O) groups excluding carboxylic acids is 2. The summed E-state index contributed by atoms with van der Waals surface area (Å²) in [6.45, 7) is 6.00. The number of thiophene rings is 1. The van der Waals surface area contributed by atoms with Crippen molar-refractivity contribution in [3.63, 3.8) is 0 Å². The predicted octanol–water partition coefficient (Wildman–Crippen LogP) is 3.88. The van der Waals surface area contributed by atoms with Crippen molar-refractivity contribution in [3.05, 3.63) is 16.5 Å². The number of carboxylic acid groups (broad SMARTS) is 1. The molecule has 1 amide bonds. The molecular weight excluding hydrogens is 342 g/mol. The Kier molecular flexibility index (Phi) is 6.58. The average Bonchev–Trinajstić information content (AvgIpc) is 2.99. The van der Waals surface area contributed by atoms with Gasteiger partial charge in [0.1, 0.15) is 5.00 Å². The van der Waals surface area contributed by atoms with E-state index in [1.54, 1.807) is 13.0 Å². The number of ether oxygens (including phenoxy) is 1. The van der Waals surface area contributed by atoms with Crippen LogP contribution in [0.15, 0.2) is 6.07 Å². The molecule has 6 nitrogen and oxygen atoms in total. The number of rotatable bonds is 6. The molecule has 1 aromatic rings. The SMILES string of the molecule is CCOC(=O)c1cc(C(C)C)sc1NC(=O)[C@@H]1CCCC[C@@H]1C(=O)O. The van der Waals surface area contributed by atoms with Crippen LogP contribution in [0.3, 0.4) is 0 Å². The van der Waals surface area contributed by atoms with Gasteiger partial charge in [0, 0.05) is 4.88 Å². The molecule has 1 aliphatic rings. The van der Waals surface area contributed by atoms with E-state index >= 15 is 0 Å². The summed E-state index contributed by atoms with van der Waals surface area (Å²) in [5, 5.41) is 12.6. The van der Waals surface area contributed by atoms with E-state index in [1.165, 1.54) is 11.3 Å². The molecule has 2 N–H and O–H groups in total. The predicted molar refractivity (Wildman–Crippen MR) is 96.1 cm³/mol. The number of carboxylic acids is 1. The Morgan fingerprint density at radius 1 is 1.28 bits per heavy atom. The molecule has 1 fully saturated rings. The molecule has 1 saturated carbocycles. The van der Waals surface area contributed by atoms with Gasteiger partial charge in [-0.05, 0) is 31.7 Å². The number of nitrogens with one attached hydrogen (secondary N) is 1. The van der Waals surface area contributed by atoms with E-state index in [-0.39, 0.29) is 18.4 Å². The van der Waals surface area contributed by atoms with Gasteiger partial charge in [0.25, 0.3) is 0 Å². The quantitative estimate of drug-likeness (QED) is 0.744. The van der Waals surface area contributed by atoms with E-state index in [2.05, 4.69) is 5.32 Å². The maximum Gasteiger partial charge on any atom is 0.341 e. The van der Waals surface area contributed by atoms with Gasteiger partial charge < -0.3 is 15.2 Å². The van der Waals surface area contributed by atoms with E-state index in [0.29, 0.717) is 23.4 Å². The van der Waals surface area contributed by atoms with E-state index in [4.69, 9.17) is 4.74 Å². The smallest absolute Gasteiger partial charge is 0.341 e. The topological polar surface area (TPSA) is 92.7 Å². The third-order valence-electron chi connectivity index (χ3n) is 4.47. The van der Waals surface area contributed by atoms with Crippen LogP contribution in [0.25, 0.3) is 0 Å². The van der Waals surface area contributed by atoms with Gasteiger partial charge in [-0.2, -0.15) is 0 Å². The Hall–Kier alpha value is -1.89. The zero-order chi connectivity index (χ0) is 18.6. The molecule has 2 atom stereocenters. The first-order valence-corrected chi connectivity index (χ1v) is 9.51. The van der Waals surface area contributed by atoms with Crippen LogP contribution in [-0.4, -0.2) is 29.6 Å². The van der Waals surface area contributed by atoms with Gasteiger partial charge in [0.15, 0.2) is 0 Å². The highest BCUT2D eigenvalue weighted by Gasteiger charge is 2.36. The average molecular weight is 367 g/mol. The Bertz CT molecular complexity index is 652. The second kappa shape index (κ2) is 8.47. The summed E-state index contributed by atoms with van der Waals surface area (Å²) in [6.07, 6.45) is 2.74. The summed E-state index contributed by atoms with van der Waals surface area (Å²) in [5.41, 5.74) is 0.339. The third-order valence-corrected chi connectivity index (χ3v) is 5.82. The molecule has 0 spiro atoms. The van der Waals surface area contributed by atoms with Crippen molar-refractivity contribution in [2.24, 2.45) is 11.8 Å². The number of amides is 1. The van der Waals surface area contributed by atoms with E-state index in [9.17, 15) is 19.5 Å². The van der Waals surface area contributed by atoms with Crippen LogP contribution in [0.2, 0.25) is 0 Å². The van der Waals surface area contributed by atoms with Gasteiger partial charge in [-0.3, -0.25) is 9.59 Å². The summed E-state index contributed by atoms with van der Waals surface area (Å²) in [5.74, 6) is -2.74. The molecule has 0 radical (unpaired) electrons. The first-order valence-electron chi connectivity index (χ1n) is 8.69. The molecule has 0 bridgehead atoms. The highest BCUT2D eigenvalue weighted by molar-refractivity contribution is 7.16. The van der Waals surface area contributed by atoms with Gasteiger partial charge in [0.2, 0.25) is 5.91 Å². The first-order chi connectivity index (χ1) is 11.8. The summed E-state index contributed by atoms with van der Waals surface area (Å²) in [4.78, 5) is 37.2. The molecule has 1 aliphatic carbocycles. The van der Waals surface area contributed by atoms with Crippen molar-refractivity contribution < 1.29 is 24.2 Å². The molecule has 0 aliphatic heterocycles. The fourth-order valence-electron chi connectivity index (χ4n) is 3.09. The van der Waals surface area contributed by atoms with Gasteiger partial charge in [-0.25, -0.2) is 4.79 Å². The molecule has 1 heterocycles. The van der Waals surface area contributed by atoms with Crippen molar-refractivity contribution in [2.45, 2.75) is 52.4 Å². The maximum absolute atomic E-state index is 12.7. The lowest BCUT2D eigenvalue weighted by Crippen LogP contribution is -2.36. The molecule has 25 heavy (non-hydrogen) atoms. The van der Waals surface area contributed by atoms with Crippen LogP contribution < -0.4 is 5.32 Å². The van der Waals surface area contributed by atoms with Crippen LogP contribution in [0.5, 0.6) is 0 Å². The van der Waals surface area contributed by atoms with Crippen molar-refractivity contribution in [2.75, 3.05) is 11.9 Å². The van der Waals surface area contributed by atoms with Crippen molar-refractivity contribution in [3.8, 4) is 0 Å². The van der Waals surface area contributed by atoms with Crippen LogP contribution >= 0.6 is 11.3 Å². The zero-order valence-electron chi connectivity index (χ0n) is 14.8.